The Hall–Kier alpha value is -5.63. The number of rotatable bonds is 12. The molecule has 0 bridgehead atoms. The normalized spacial score (nSPS) is 26.1. The minimum atomic E-state index is -1.61. The summed E-state index contributed by atoms with van der Waals surface area (Å²) in [7, 11) is 7.07. The minimum Gasteiger partial charge on any atom is -0.391 e. The van der Waals surface area contributed by atoms with E-state index in [4.69, 9.17) is 4.74 Å². The molecule has 1 aromatic rings. The maximum absolute atomic E-state index is 15.0. The summed E-state index contributed by atoms with van der Waals surface area (Å²) in [5.41, 5.74) is -0.0969. The average Bonchev–Trinajstić information content (AvgIpc) is 3.35. The molecular formula is C55H91N9O11. The van der Waals surface area contributed by atoms with E-state index in [1.54, 1.807) is 49.9 Å². The largest absolute Gasteiger partial charge is 0.391 e. The fourth-order valence-corrected chi connectivity index (χ4v) is 9.42. The molecule has 2 heterocycles. The van der Waals surface area contributed by atoms with Crippen LogP contribution in [0.15, 0.2) is 30.3 Å². The number of carbonyl (C=O) groups excluding carboxylic acids is 9. The molecule has 2 fully saturated rings. The number of nitrogens with one attached hydrogen (secondary N) is 3. The third-order valence-corrected chi connectivity index (χ3v) is 14.1. The first kappa shape index (κ1) is 63.7. The van der Waals surface area contributed by atoms with Crippen molar-refractivity contribution < 1.29 is 53.0 Å². The first-order valence-corrected chi connectivity index (χ1v) is 26.8. The zero-order valence-corrected chi connectivity index (χ0v) is 47.8. The van der Waals surface area contributed by atoms with Gasteiger partial charge in [0.15, 0.2) is 0 Å². The van der Waals surface area contributed by atoms with Gasteiger partial charge in [-0.05, 0) is 96.5 Å². The van der Waals surface area contributed by atoms with Crippen LogP contribution in [0.25, 0.3) is 0 Å². The maximum atomic E-state index is 15.0. The number of amides is 9. The molecule has 9 amide bonds. The molecule has 3 unspecified atom stereocenters. The Morgan fingerprint density at radius 3 is 1.55 bits per heavy atom. The number of likely N-dealkylation sites (tertiary alicyclic amines) is 1. The molecule has 0 spiro atoms. The van der Waals surface area contributed by atoms with Crippen molar-refractivity contribution in [3.63, 3.8) is 0 Å². The Kier molecular flexibility index (Phi) is 24.2. The van der Waals surface area contributed by atoms with Crippen LogP contribution in [0.5, 0.6) is 0 Å². The van der Waals surface area contributed by atoms with Crippen molar-refractivity contribution in [3.8, 4) is 0 Å². The molecule has 20 nitrogen and oxygen atoms in total. The number of hydrogen-bond acceptors (Lipinski definition) is 11. The lowest BCUT2D eigenvalue weighted by Gasteiger charge is -2.38. The molecule has 0 radical (unpaired) electrons. The van der Waals surface area contributed by atoms with Gasteiger partial charge in [0.1, 0.15) is 48.3 Å². The van der Waals surface area contributed by atoms with Gasteiger partial charge >= 0.3 is 0 Å². The summed E-state index contributed by atoms with van der Waals surface area (Å²) in [5.74, 6) is -6.71. The van der Waals surface area contributed by atoms with Crippen LogP contribution in [0.2, 0.25) is 0 Å². The third-order valence-electron chi connectivity index (χ3n) is 14.1. The second kappa shape index (κ2) is 28.5. The Labute approximate surface area is 446 Å². The zero-order valence-electron chi connectivity index (χ0n) is 47.8. The molecule has 0 aliphatic carbocycles. The monoisotopic (exact) mass is 1050 g/mol. The second-order valence-electron chi connectivity index (χ2n) is 23.0. The van der Waals surface area contributed by atoms with Crippen molar-refractivity contribution in [2.45, 2.75) is 188 Å². The van der Waals surface area contributed by atoms with Crippen LogP contribution in [-0.2, 0) is 54.3 Å². The molecule has 9 atom stereocenters. The van der Waals surface area contributed by atoms with E-state index in [1.165, 1.54) is 68.7 Å². The highest BCUT2D eigenvalue weighted by molar-refractivity contribution is 5.99. The van der Waals surface area contributed by atoms with Gasteiger partial charge in [-0.2, -0.15) is 0 Å². The summed E-state index contributed by atoms with van der Waals surface area (Å²) in [5, 5.41) is 19.5. The molecule has 2 aliphatic heterocycles. The third kappa shape index (κ3) is 18.3. The van der Waals surface area contributed by atoms with Gasteiger partial charge in [0.05, 0.1) is 24.7 Å². The topological polar surface area (TPSA) is 239 Å². The lowest BCUT2D eigenvalue weighted by molar-refractivity contribution is -0.152. The summed E-state index contributed by atoms with van der Waals surface area (Å²) in [6.07, 6.45) is 0.636. The Balaban J connectivity index is 2.34. The van der Waals surface area contributed by atoms with E-state index in [9.17, 15) is 48.3 Å². The standard InChI is InChI=1S/C55H91N9O11/c1-33(2)27-41-47(67)56-39(52(72)64-25-21-18-22-26-64)31-45(66)59(12)36(7)50(70)63(16)44(30-38-23-19-17-20-24-38)53(73)61(14)43(29-35(5)6)49(69)58-46(37(8)65)54(74)62(15)42(28-34(3)4)48(68)57-40(51(71)60(41)13)32-75-55(9,10)11/h17,19-20,23-24,33-37,39-44,46,65H,18,21-22,25-32H2,1-16H3,(H,56,67)(H,57,68)(H,58,69)/t36?,37?,39?,40-,41-,42-,43-,44-,46-/m0/s1. The van der Waals surface area contributed by atoms with Crippen molar-refractivity contribution in [1.29, 1.82) is 0 Å². The Morgan fingerprint density at radius 1 is 0.613 bits per heavy atom. The van der Waals surface area contributed by atoms with Crippen molar-refractivity contribution in [1.82, 2.24) is 45.3 Å². The average molecular weight is 1050 g/mol. The SMILES string of the molecule is CC(C)C[C@H]1C(=O)NC(C(=O)N2CCCCC2)CC(=O)N(C)C(C)C(=O)N(C)[C@@H](Cc2ccccc2)C(=O)N(C)[C@@H](CC(C)C)C(=O)N[C@@H](C(C)O)C(=O)N(C)[C@@H](CC(C)C)C(=O)N[C@@H](COC(C)(C)C)C(=O)N1C. The smallest absolute Gasteiger partial charge is 0.248 e. The van der Waals surface area contributed by atoms with Crippen LogP contribution < -0.4 is 16.0 Å². The summed E-state index contributed by atoms with van der Waals surface area (Å²) >= 11 is 0. The molecule has 3 rings (SSSR count). The van der Waals surface area contributed by atoms with E-state index in [2.05, 4.69) is 16.0 Å². The van der Waals surface area contributed by atoms with E-state index >= 15 is 0 Å². The van der Waals surface area contributed by atoms with Gasteiger partial charge < -0.3 is 55.2 Å². The number of benzene rings is 1. The summed E-state index contributed by atoms with van der Waals surface area (Å²) in [6, 6.07) is -1.54. The van der Waals surface area contributed by atoms with E-state index in [0.29, 0.717) is 18.7 Å². The lowest BCUT2D eigenvalue weighted by Crippen LogP contribution is -2.63. The quantitative estimate of drug-likeness (QED) is 0.237. The van der Waals surface area contributed by atoms with Crippen molar-refractivity contribution >= 4 is 53.2 Å². The Bertz CT molecular complexity index is 2120. The van der Waals surface area contributed by atoms with Crippen LogP contribution >= 0.6 is 0 Å². The first-order chi connectivity index (χ1) is 34.9. The molecule has 422 valence electrons. The molecule has 0 aromatic heterocycles. The molecular weight excluding hydrogens is 963 g/mol. The predicted octanol–water partition coefficient (Wildman–Crippen LogP) is 2.59. The van der Waals surface area contributed by atoms with Gasteiger partial charge in [0.25, 0.3) is 0 Å². The van der Waals surface area contributed by atoms with Crippen LogP contribution in [0.1, 0.15) is 127 Å². The van der Waals surface area contributed by atoms with Crippen LogP contribution in [0.3, 0.4) is 0 Å². The molecule has 2 saturated heterocycles. The van der Waals surface area contributed by atoms with Gasteiger partial charge in [-0.1, -0.05) is 71.9 Å². The lowest BCUT2D eigenvalue weighted by atomic mass is 9.97. The minimum absolute atomic E-state index is 0.0155. The van der Waals surface area contributed by atoms with Crippen molar-refractivity contribution in [2.75, 3.05) is 54.9 Å². The van der Waals surface area contributed by atoms with Crippen molar-refractivity contribution in [2.24, 2.45) is 17.8 Å². The van der Waals surface area contributed by atoms with E-state index in [-0.39, 0.29) is 50.0 Å². The van der Waals surface area contributed by atoms with E-state index in [1.807, 2.05) is 47.6 Å². The number of carbonyl (C=O) groups is 9. The van der Waals surface area contributed by atoms with Gasteiger partial charge in [-0.3, -0.25) is 43.2 Å². The highest BCUT2D eigenvalue weighted by atomic mass is 16.5. The number of aliphatic hydroxyl groups excluding tert-OH is 1. The molecule has 2 aliphatic rings. The van der Waals surface area contributed by atoms with Crippen LogP contribution in [-0.4, -0.2) is 203 Å². The fourth-order valence-electron chi connectivity index (χ4n) is 9.42. The molecule has 75 heavy (non-hydrogen) atoms. The number of hydrogen-bond donors (Lipinski definition) is 4. The molecule has 1 aromatic carbocycles. The second-order valence-corrected chi connectivity index (χ2v) is 23.0. The summed E-state index contributed by atoms with van der Waals surface area (Å²) in [4.78, 5) is 140. The van der Waals surface area contributed by atoms with Gasteiger partial charge in [0, 0.05) is 54.7 Å². The fraction of sp³-hybridized carbons (Fsp3) is 0.727. The predicted molar refractivity (Wildman–Crippen MR) is 285 cm³/mol. The summed E-state index contributed by atoms with van der Waals surface area (Å²) in [6.45, 7) is 19.7. The first-order valence-electron chi connectivity index (χ1n) is 26.8. The molecule has 4 N–H and O–H groups in total. The van der Waals surface area contributed by atoms with Gasteiger partial charge in [-0.25, -0.2) is 0 Å². The van der Waals surface area contributed by atoms with Gasteiger partial charge in [0.2, 0.25) is 53.2 Å². The number of ether oxygens (including phenoxy) is 1. The van der Waals surface area contributed by atoms with Crippen LogP contribution in [0.4, 0.5) is 0 Å². The number of nitrogens with zero attached hydrogens (tertiary/aromatic N) is 6. The maximum Gasteiger partial charge on any atom is 0.248 e. The van der Waals surface area contributed by atoms with Crippen LogP contribution in [0, 0.1) is 17.8 Å². The van der Waals surface area contributed by atoms with Gasteiger partial charge in [-0.15, -0.1) is 0 Å². The molecule has 20 heteroatoms. The molecule has 0 saturated carbocycles. The number of aliphatic hydroxyl groups is 1. The highest BCUT2D eigenvalue weighted by Crippen LogP contribution is 2.22. The summed E-state index contributed by atoms with van der Waals surface area (Å²) < 4.78 is 6.09. The van der Waals surface area contributed by atoms with E-state index in [0.717, 1.165) is 24.2 Å². The Morgan fingerprint density at radius 2 is 1.07 bits per heavy atom. The zero-order chi connectivity index (χ0) is 56.8. The van der Waals surface area contributed by atoms with Crippen molar-refractivity contribution in [3.05, 3.63) is 35.9 Å². The van der Waals surface area contributed by atoms with E-state index < -0.39 is 120 Å². The number of piperidine rings is 1. The number of likely N-dealkylation sites (N-methyl/N-ethyl adjacent to an activating group) is 5. The highest BCUT2D eigenvalue weighted by Gasteiger charge is 2.43.